The molecule has 0 unspecified atom stereocenters. The zero-order valence-electron chi connectivity index (χ0n) is 13.8. The lowest BCUT2D eigenvalue weighted by Crippen LogP contribution is -2.47. The molecule has 1 amide bonds. The van der Waals surface area contributed by atoms with Crippen molar-refractivity contribution in [3.63, 3.8) is 0 Å². The molecule has 0 aliphatic carbocycles. The lowest BCUT2D eigenvalue weighted by molar-refractivity contribution is 0.0664. The summed E-state index contributed by atoms with van der Waals surface area (Å²) in [4.78, 5) is 23.7. The summed E-state index contributed by atoms with van der Waals surface area (Å²) in [5.74, 6) is 1.02. The zero-order chi connectivity index (χ0) is 15.7. The minimum absolute atomic E-state index is 0.139. The number of hydrogen-bond acceptors (Lipinski definition) is 4. The molecule has 1 aromatic heterocycles. The van der Waals surface area contributed by atoms with Crippen molar-refractivity contribution in [2.24, 2.45) is 0 Å². The van der Waals surface area contributed by atoms with E-state index in [0.29, 0.717) is 17.6 Å². The molecule has 2 fully saturated rings. The number of carbonyl (C=O) groups is 1. The molecule has 1 aromatic rings. The summed E-state index contributed by atoms with van der Waals surface area (Å²) in [6.07, 6.45) is 6.42. The molecule has 0 radical (unpaired) electrons. The van der Waals surface area contributed by atoms with Crippen molar-refractivity contribution >= 4 is 11.7 Å². The highest BCUT2D eigenvalue weighted by Gasteiger charge is 2.38. The molecule has 3 heterocycles. The summed E-state index contributed by atoms with van der Waals surface area (Å²) >= 11 is 0. The van der Waals surface area contributed by atoms with Crippen LogP contribution in [0.15, 0.2) is 18.3 Å². The Balaban J connectivity index is 1.75. The van der Waals surface area contributed by atoms with Crippen LogP contribution in [0.1, 0.15) is 36.0 Å². The summed E-state index contributed by atoms with van der Waals surface area (Å²) < 4.78 is 0. The molecule has 2 atom stereocenters. The fraction of sp³-hybridized carbons (Fsp3) is 0.647. The normalized spacial score (nSPS) is 25.7. The Morgan fingerprint density at radius 3 is 2.50 bits per heavy atom. The van der Waals surface area contributed by atoms with Gasteiger partial charge in [-0.25, -0.2) is 4.98 Å². The van der Waals surface area contributed by atoms with Gasteiger partial charge in [0.2, 0.25) is 0 Å². The smallest absolute Gasteiger partial charge is 0.255 e. The molecule has 5 heteroatoms. The maximum atomic E-state index is 12.9. The van der Waals surface area contributed by atoms with E-state index in [9.17, 15) is 4.79 Å². The number of pyridine rings is 1. The van der Waals surface area contributed by atoms with E-state index in [1.165, 1.54) is 12.8 Å². The number of hydrogen-bond donors (Lipinski definition) is 0. The summed E-state index contributed by atoms with van der Waals surface area (Å²) in [7, 11) is 6.10. The average Bonchev–Trinajstić information content (AvgIpc) is 3.14. The molecule has 5 nitrogen and oxygen atoms in total. The Morgan fingerprint density at radius 1 is 1.18 bits per heavy atom. The molecule has 0 saturated carbocycles. The number of nitrogens with zero attached hydrogens (tertiary/aromatic N) is 4. The van der Waals surface area contributed by atoms with E-state index in [4.69, 9.17) is 0 Å². The van der Waals surface area contributed by atoms with Gasteiger partial charge >= 0.3 is 0 Å². The molecule has 120 valence electrons. The van der Waals surface area contributed by atoms with Crippen LogP contribution in [0.2, 0.25) is 0 Å². The van der Waals surface area contributed by atoms with Gasteiger partial charge in [-0.05, 0) is 51.4 Å². The molecule has 0 bridgehead atoms. The van der Waals surface area contributed by atoms with Gasteiger partial charge < -0.3 is 14.7 Å². The van der Waals surface area contributed by atoms with Gasteiger partial charge in [0, 0.05) is 38.9 Å². The summed E-state index contributed by atoms with van der Waals surface area (Å²) in [5.41, 5.74) is 0.707. The zero-order valence-corrected chi connectivity index (χ0v) is 13.8. The van der Waals surface area contributed by atoms with E-state index in [2.05, 4.69) is 21.8 Å². The first-order valence-corrected chi connectivity index (χ1v) is 8.22. The van der Waals surface area contributed by atoms with E-state index in [-0.39, 0.29) is 5.91 Å². The number of likely N-dealkylation sites (N-methyl/N-ethyl adjacent to an activating group) is 1. The van der Waals surface area contributed by atoms with E-state index in [1.54, 1.807) is 6.20 Å². The highest BCUT2D eigenvalue weighted by atomic mass is 16.2. The van der Waals surface area contributed by atoms with E-state index in [0.717, 1.165) is 31.7 Å². The van der Waals surface area contributed by atoms with Crippen molar-refractivity contribution < 1.29 is 4.79 Å². The predicted molar refractivity (Wildman–Crippen MR) is 88.3 cm³/mol. The van der Waals surface area contributed by atoms with Gasteiger partial charge in [0.15, 0.2) is 0 Å². The van der Waals surface area contributed by atoms with Gasteiger partial charge in [-0.1, -0.05) is 0 Å². The first-order valence-electron chi connectivity index (χ1n) is 8.22. The van der Waals surface area contributed by atoms with Gasteiger partial charge in [-0.15, -0.1) is 0 Å². The molecule has 3 rings (SSSR count). The molecule has 2 saturated heterocycles. The van der Waals surface area contributed by atoms with Crippen LogP contribution in [0.25, 0.3) is 0 Å². The van der Waals surface area contributed by atoms with Crippen LogP contribution in [-0.2, 0) is 0 Å². The van der Waals surface area contributed by atoms with Gasteiger partial charge in [0.25, 0.3) is 5.91 Å². The second kappa shape index (κ2) is 6.24. The van der Waals surface area contributed by atoms with E-state index >= 15 is 0 Å². The van der Waals surface area contributed by atoms with Crippen LogP contribution in [0.5, 0.6) is 0 Å². The molecule has 0 spiro atoms. The second-order valence-corrected chi connectivity index (χ2v) is 6.70. The maximum Gasteiger partial charge on any atom is 0.255 e. The van der Waals surface area contributed by atoms with Gasteiger partial charge in [-0.2, -0.15) is 0 Å². The fourth-order valence-electron chi connectivity index (χ4n) is 3.81. The Labute approximate surface area is 132 Å². The summed E-state index contributed by atoms with van der Waals surface area (Å²) in [6, 6.07) is 4.72. The second-order valence-electron chi connectivity index (χ2n) is 6.70. The third kappa shape index (κ3) is 2.82. The number of anilines is 1. The van der Waals surface area contributed by atoms with Crippen molar-refractivity contribution in [2.45, 2.75) is 37.8 Å². The van der Waals surface area contributed by atoms with Crippen LogP contribution >= 0.6 is 0 Å². The third-order valence-corrected chi connectivity index (χ3v) is 5.03. The number of aromatic nitrogens is 1. The van der Waals surface area contributed by atoms with E-state index < -0.39 is 0 Å². The van der Waals surface area contributed by atoms with Crippen LogP contribution in [0, 0.1) is 0 Å². The highest BCUT2D eigenvalue weighted by Crippen LogP contribution is 2.30. The minimum Gasteiger partial charge on any atom is -0.363 e. The largest absolute Gasteiger partial charge is 0.363 e. The van der Waals surface area contributed by atoms with Crippen molar-refractivity contribution in [1.82, 2.24) is 14.8 Å². The monoisotopic (exact) mass is 302 g/mol. The first kappa shape index (κ1) is 15.3. The molecule has 0 aromatic carbocycles. The fourth-order valence-corrected chi connectivity index (χ4v) is 3.81. The molecular formula is C17H26N4O. The lowest BCUT2D eigenvalue weighted by Gasteiger charge is -2.33. The van der Waals surface area contributed by atoms with Crippen molar-refractivity contribution in [3.8, 4) is 0 Å². The van der Waals surface area contributed by atoms with Crippen LogP contribution in [-0.4, -0.2) is 67.0 Å². The third-order valence-electron chi connectivity index (χ3n) is 5.03. The van der Waals surface area contributed by atoms with Crippen molar-refractivity contribution in [2.75, 3.05) is 39.1 Å². The number of carbonyl (C=O) groups excluding carboxylic acids is 1. The van der Waals surface area contributed by atoms with Crippen molar-refractivity contribution in [1.29, 1.82) is 0 Å². The standard InChI is InChI=1S/C17H26N4O/c1-19(2)16-9-8-13(12-18-16)17(22)21-11-5-7-15(21)14-6-4-10-20(14)3/h8-9,12,14-15H,4-7,10-11H2,1-3H3/t14-,15+/m0/s1. The number of rotatable bonds is 3. The van der Waals surface area contributed by atoms with Gasteiger partial charge in [0.1, 0.15) is 5.82 Å². The average molecular weight is 302 g/mol. The minimum atomic E-state index is 0.139. The predicted octanol–water partition coefficient (Wildman–Crippen LogP) is 1.85. The first-order chi connectivity index (χ1) is 10.6. The lowest BCUT2D eigenvalue weighted by atomic mass is 10.0. The molecule has 2 aliphatic rings. The molecule has 2 aliphatic heterocycles. The quantitative estimate of drug-likeness (QED) is 0.854. The Morgan fingerprint density at radius 2 is 1.91 bits per heavy atom. The topological polar surface area (TPSA) is 39.7 Å². The summed E-state index contributed by atoms with van der Waals surface area (Å²) in [5, 5.41) is 0. The van der Waals surface area contributed by atoms with Crippen LogP contribution < -0.4 is 4.90 Å². The van der Waals surface area contributed by atoms with E-state index in [1.807, 2.05) is 31.1 Å². The Kier molecular flexibility index (Phi) is 4.34. The number of amides is 1. The molecular weight excluding hydrogens is 276 g/mol. The number of likely N-dealkylation sites (tertiary alicyclic amines) is 2. The summed E-state index contributed by atoms with van der Waals surface area (Å²) in [6.45, 7) is 2.03. The van der Waals surface area contributed by atoms with Gasteiger partial charge in [0.05, 0.1) is 5.56 Å². The van der Waals surface area contributed by atoms with Crippen LogP contribution in [0.3, 0.4) is 0 Å². The van der Waals surface area contributed by atoms with Gasteiger partial charge in [-0.3, -0.25) is 4.79 Å². The molecule has 22 heavy (non-hydrogen) atoms. The Hall–Kier alpha value is -1.62. The van der Waals surface area contributed by atoms with Crippen LogP contribution in [0.4, 0.5) is 5.82 Å². The van der Waals surface area contributed by atoms with Crippen molar-refractivity contribution in [3.05, 3.63) is 23.9 Å². The Bertz CT molecular complexity index is 528. The SMILES string of the molecule is CN(C)c1ccc(C(=O)N2CCC[C@@H]2[C@@H]2CCCN2C)cn1. The maximum absolute atomic E-state index is 12.9. The highest BCUT2D eigenvalue weighted by molar-refractivity contribution is 5.94. The molecule has 0 N–H and O–H groups in total.